The molecular weight excluding hydrogens is 746 g/mol. The minimum atomic E-state index is -4.99. The van der Waals surface area contributed by atoms with E-state index in [1.807, 2.05) is 74.5 Å². The Morgan fingerprint density at radius 1 is 0.544 bits per heavy atom. The van der Waals surface area contributed by atoms with Gasteiger partial charge in [0.05, 0.1) is 39.6 Å². The van der Waals surface area contributed by atoms with E-state index in [2.05, 4.69) is 0 Å². The molecule has 0 spiro atoms. The third kappa shape index (κ3) is 6.20. The fraction of sp³-hybridized carbons (Fsp3) is 0.217. The molecule has 0 aromatic heterocycles. The molecule has 0 saturated carbocycles. The Morgan fingerprint density at radius 2 is 1.07 bits per heavy atom. The van der Waals surface area contributed by atoms with Gasteiger partial charge >= 0.3 is 12.4 Å². The second kappa shape index (κ2) is 13.5. The number of rotatable bonds is 7. The summed E-state index contributed by atoms with van der Waals surface area (Å²) in [5.41, 5.74) is 3.96. The molecule has 0 fully saturated rings. The van der Waals surface area contributed by atoms with Crippen molar-refractivity contribution in [3.63, 3.8) is 0 Å². The van der Waals surface area contributed by atoms with Crippen LogP contribution < -0.4 is 23.7 Å². The Balaban J connectivity index is 1.47. The third-order valence-electron chi connectivity index (χ3n) is 11.0. The lowest BCUT2D eigenvalue weighted by molar-refractivity contribution is -0.143. The molecule has 6 aromatic carbocycles. The largest absolute Gasteiger partial charge is 0.497 e. The molecule has 5 nitrogen and oxygen atoms in total. The summed E-state index contributed by atoms with van der Waals surface area (Å²) < 4.78 is 113. The monoisotopic (exact) mass is 782 g/mol. The average Bonchev–Trinajstić information content (AvgIpc) is 3.44. The van der Waals surface area contributed by atoms with Crippen molar-refractivity contribution in [3.8, 4) is 51.0 Å². The zero-order valence-corrected chi connectivity index (χ0v) is 31.8. The first kappa shape index (κ1) is 37.8. The number of hydrogen-bond acceptors (Lipinski definition) is 5. The summed E-state index contributed by atoms with van der Waals surface area (Å²) in [5, 5.41) is 1.52. The van der Waals surface area contributed by atoms with E-state index in [0.29, 0.717) is 28.7 Å². The highest BCUT2D eigenvalue weighted by molar-refractivity contribution is 6.15. The van der Waals surface area contributed by atoms with Gasteiger partial charge in [-0.2, -0.15) is 26.3 Å². The van der Waals surface area contributed by atoms with Crippen LogP contribution in [0.5, 0.6) is 28.7 Å². The molecule has 0 radical (unpaired) electrons. The maximum absolute atomic E-state index is 14.0. The topological polar surface area (TPSA) is 46.2 Å². The van der Waals surface area contributed by atoms with Gasteiger partial charge in [0.2, 0.25) is 0 Å². The van der Waals surface area contributed by atoms with Crippen LogP contribution >= 0.6 is 0 Å². The molecule has 0 atom stereocenters. The molecule has 11 heteroatoms. The Labute approximate surface area is 325 Å². The quantitative estimate of drug-likeness (QED) is 0.151. The van der Waals surface area contributed by atoms with Crippen molar-refractivity contribution in [1.29, 1.82) is 0 Å². The maximum atomic E-state index is 14.0. The molecule has 0 saturated heterocycles. The van der Waals surface area contributed by atoms with Crippen molar-refractivity contribution in [2.45, 2.75) is 31.6 Å². The van der Waals surface area contributed by atoms with Gasteiger partial charge in [0.1, 0.15) is 23.9 Å². The highest BCUT2D eigenvalue weighted by Crippen LogP contribution is 2.60. The van der Waals surface area contributed by atoms with Gasteiger partial charge in [-0.15, -0.1) is 0 Å². The molecule has 0 N–H and O–H groups in total. The van der Waals surface area contributed by atoms with E-state index >= 15 is 0 Å². The molecule has 2 aliphatic rings. The zero-order chi connectivity index (χ0) is 40.6. The Hall–Kier alpha value is -6.10. The predicted octanol–water partition coefficient (Wildman–Crippen LogP) is 12.2. The van der Waals surface area contributed by atoms with Crippen molar-refractivity contribution < 1.29 is 50.0 Å². The summed E-state index contributed by atoms with van der Waals surface area (Å²) >= 11 is 0. The van der Waals surface area contributed by atoms with E-state index in [4.69, 9.17) is 23.7 Å². The van der Waals surface area contributed by atoms with Crippen LogP contribution in [0.3, 0.4) is 0 Å². The number of alkyl halides is 6. The van der Waals surface area contributed by atoms with Crippen LogP contribution in [0.4, 0.5) is 26.3 Å². The van der Waals surface area contributed by atoms with Crippen molar-refractivity contribution in [2.24, 2.45) is 0 Å². The lowest BCUT2D eigenvalue weighted by Gasteiger charge is -2.33. The van der Waals surface area contributed by atoms with Crippen LogP contribution in [0.1, 0.15) is 52.8 Å². The van der Waals surface area contributed by atoms with E-state index in [-0.39, 0.29) is 23.8 Å². The first-order valence-electron chi connectivity index (χ1n) is 17.9. The van der Waals surface area contributed by atoms with Gasteiger partial charge in [0.15, 0.2) is 11.5 Å². The molecule has 6 aromatic rings. The van der Waals surface area contributed by atoms with Gasteiger partial charge in [0, 0.05) is 27.5 Å². The SMILES string of the molecule is COc1ccc(C2=C(c3ccc(OC)cc3)c3c4c(c5cc(OC)c(OC)cc5c3OC2)-c2ccc(-c3cc(C(F)(F)F)cc(C(F)(F)F)c3)cc2C4(C)C)cc1. The Morgan fingerprint density at radius 3 is 1.60 bits per heavy atom. The molecule has 57 heavy (non-hydrogen) atoms. The minimum absolute atomic E-state index is 0.143. The highest BCUT2D eigenvalue weighted by atomic mass is 19.4. The number of ether oxygens (including phenoxy) is 5. The molecule has 0 unspecified atom stereocenters. The standard InChI is InChI=1S/C46H36F6O5/c1-44(2)36-19-26(27-17-28(45(47,48)49)20-29(18-27)46(50,51)52)11-16-32(36)40-33-21-37(55-5)38(56-6)22-34(33)43-41(42(40)44)39(25-9-14-31(54-4)15-10-25)35(23-57-43)24-7-12-30(53-3)13-8-24/h7-22H,23H2,1-6H3. The zero-order valence-electron chi connectivity index (χ0n) is 31.8. The third-order valence-corrected chi connectivity index (χ3v) is 11.0. The van der Waals surface area contributed by atoms with Crippen LogP contribution in [0.15, 0.2) is 97.1 Å². The first-order chi connectivity index (χ1) is 27.1. The number of halogens is 6. The second-order valence-electron chi connectivity index (χ2n) is 14.5. The van der Waals surface area contributed by atoms with Gasteiger partial charge in [-0.3, -0.25) is 0 Å². The summed E-state index contributed by atoms with van der Waals surface area (Å²) in [6, 6.07) is 25.9. The number of methoxy groups -OCH3 is 4. The fourth-order valence-corrected chi connectivity index (χ4v) is 8.25. The average molecular weight is 783 g/mol. The molecule has 1 aliphatic heterocycles. The summed E-state index contributed by atoms with van der Waals surface area (Å²) in [7, 11) is 6.28. The van der Waals surface area contributed by atoms with E-state index in [0.717, 1.165) is 73.0 Å². The molecule has 292 valence electrons. The van der Waals surface area contributed by atoms with Crippen LogP contribution in [-0.2, 0) is 17.8 Å². The highest BCUT2D eigenvalue weighted by Gasteiger charge is 2.44. The summed E-state index contributed by atoms with van der Waals surface area (Å²) in [5.74, 6) is 2.90. The molecular formula is C46H36F6O5. The van der Waals surface area contributed by atoms with Crippen molar-refractivity contribution in [2.75, 3.05) is 35.0 Å². The molecule has 8 rings (SSSR count). The van der Waals surface area contributed by atoms with Crippen LogP contribution in [0.25, 0.3) is 44.2 Å². The normalized spacial score (nSPS) is 14.5. The molecule has 0 bridgehead atoms. The summed E-state index contributed by atoms with van der Waals surface area (Å²) in [6.45, 7) is 4.22. The molecule has 1 heterocycles. The number of hydrogen-bond donors (Lipinski definition) is 0. The molecule has 1 aliphatic carbocycles. The predicted molar refractivity (Wildman–Crippen MR) is 207 cm³/mol. The van der Waals surface area contributed by atoms with Crippen LogP contribution in [0.2, 0.25) is 0 Å². The van der Waals surface area contributed by atoms with E-state index in [9.17, 15) is 26.3 Å². The minimum Gasteiger partial charge on any atom is -0.497 e. The second-order valence-corrected chi connectivity index (χ2v) is 14.5. The smallest absolute Gasteiger partial charge is 0.416 e. The Kier molecular flexibility index (Phi) is 8.98. The van der Waals surface area contributed by atoms with Crippen LogP contribution in [-0.4, -0.2) is 35.0 Å². The van der Waals surface area contributed by atoms with Gasteiger partial charge < -0.3 is 23.7 Å². The summed E-state index contributed by atoms with van der Waals surface area (Å²) in [4.78, 5) is 0. The van der Waals surface area contributed by atoms with Gasteiger partial charge in [-0.05, 0) is 111 Å². The van der Waals surface area contributed by atoms with Crippen molar-refractivity contribution >= 4 is 21.9 Å². The Bertz CT molecular complexity index is 2570. The summed E-state index contributed by atoms with van der Waals surface area (Å²) in [6.07, 6.45) is -9.99. The number of fused-ring (bicyclic) bond motifs is 8. The van der Waals surface area contributed by atoms with E-state index < -0.39 is 28.9 Å². The van der Waals surface area contributed by atoms with E-state index in [1.54, 1.807) is 46.6 Å². The lowest BCUT2D eigenvalue weighted by atomic mass is 9.74. The lowest BCUT2D eigenvalue weighted by Crippen LogP contribution is -2.21. The van der Waals surface area contributed by atoms with Crippen LogP contribution in [0, 0.1) is 0 Å². The van der Waals surface area contributed by atoms with Crippen molar-refractivity contribution in [1.82, 2.24) is 0 Å². The first-order valence-corrected chi connectivity index (χ1v) is 17.9. The van der Waals surface area contributed by atoms with Crippen molar-refractivity contribution in [3.05, 3.63) is 136 Å². The maximum Gasteiger partial charge on any atom is 0.416 e. The van der Waals surface area contributed by atoms with Gasteiger partial charge in [0.25, 0.3) is 0 Å². The van der Waals surface area contributed by atoms with Gasteiger partial charge in [-0.1, -0.05) is 50.2 Å². The van der Waals surface area contributed by atoms with Gasteiger partial charge in [-0.25, -0.2) is 0 Å². The molecule has 0 amide bonds. The fourth-order valence-electron chi connectivity index (χ4n) is 8.25. The number of benzene rings is 6. The van der Waals surface area contributed by atoms with E-state index in [1.165, 1.54) is 0 Å².